The lowest BCUT2D eigenvalue weighted by molar-refractivity contribution is 0.276. The van der Waals surface area contributed by atoms with Crippen LogP contribution >= 0.6 is 31.9 Å². The van der Waals surface area contributed by atoms with Crippen molar-refractivity contribution in [1.82, 2.24) is 37.4 Å². The van der Waals surface area contributed by atoms with Gasteiger partial charge in [-0.2, -0.15) is 0 Å². The number of imidazole rings is 2. The number of hydrogen-bond donors (Lipinski definition) is 1. The highest BCUT2D eigenvalue weighted by Gasteiger charge is 2.37. The van der Waals surface area contributed by atoms with Crippen LogP contribution in [0.15, 0.2) is 104 Å². The standard InChI is InChI=1S/C28H37BrN4O2Si.C22H23BrN4O2/c1-28(2,3)36(4,5)35-15-7-6-14-31-23(17-20-16-21(29)8-11-24(20)31)19-32-26-18-30-13-12-25(26)33(27(32)34)22-9-10-22;23-16-3-6-19-15(11-16)12-18(25(19)9-1-2-10-28)14-26-21-13-24-8-7-20(21)27(22(26)29)17-4-5-17/h8,11-13,16-18,22H,6-7,9-10,14-15,19H2,1-5H3;3,6-8,11-13,17,28H,1-2,4-5,9-10,14H2. The molecule has 1 N–H and O–H groups in total. The van der Waals surface area contributed by atoms with Crippen LogP contribution in [0.5, 0.6) is 0 Å². The van der Waals surface area contributed by atoms with Crippen molar-refractivity contribution in [2.24, 2.45) is 0 Å². The van der Waals surface area contributed by atoms with Crippen molar-refractivity contribution in [3.63, 3.8) is 0 Å². The average molecular weight is 1020 g/mol. The van der Waals surface area contributed by atoms with Crippen LogP contribution in [0.2, 0.25) is 18.1 Å². The van der Waals surface area contributed by atoms with E-state index >= 15 is 0 Å². The number of aliphatic hydroxyl groups is 1. The topological polar surface area (TPSA) is 119 Å². The second-order valence-electron chi connectivity index (χ2n) is 19.4. The van der Waals surface area contributed by atoms with Gasteiger partial charge in [-0.1, -0.05) is 52.6 Å². The molecule has 8 aromatic rings. The Morgan fingerprint density at radius 1 is 0.631 bits per heavy atom. The van der Waals surface area contributed by atoms with Crippen molar-refractivity contribution in [2.75, 3.05) is 13.2 Å². The Bertz CT molecular complexity index is 3120. The molecule has 65 heavy (non-hydrogen) atoms. The summed E-state index contributed by atoms with van der Waals surface area (Å²) in [5.74, 6) is 0. The summed E-state index contributed by atoms with van der Waals surface area (Å²) in [4.78, 5) is 35.4. The highest BCUT2D eigenvalue weighted by Crippen LogP contribution is 2.38. The highest BCUT2D eigenvalue weighted by atomic mass is 79.9. The maximum atomic E-state index is 13.5. The van der Waals surface area contributed by atoms with Gasteiger partial charge in [0.05, 0.1) is 47.6 Å². The highest BCUT2D eigenvalue weighted by molar-refractivity contribution is 9.10. The lowest BCUT2D eigenvalue weighted by Gasteiger charge is -2.36. The fourth-order valence-corrected chi connectivity index (χ4v) is 10.8. The number of nitrogens with zero attached hydrogens (tertiary/aromatic N) is 8. The summed E-state index contributed by atoms with van der Waals surface area (Å²) in [5.41, 5.74) is 8.47. The largest absolute Gasteiger partial charge is 0.417 e. The van der Waals surface area contributed by atoms with Gasteiger partial charge in [-0.05, 0) is 130 Å². The van der Waals surface area contributed by atoms with Gasteiger partial charge in [-0.15, -0.1) is 0 Å². The normalized spacial score (nSPS) is 14.6. The Hall–Kier alpha value is -4.54. The summed E-state index contributed by atoms with van der Waals surface area (Å²) in [6.45, 7) is 15.2. The average Bonchev–Trinajstić information content (AvgIpc) is 4.19. The van der Waals surface area contributed by atoms with Gasteiger partial charge in [0.25, 0.3) is 0 Å². The van der Waals surface area contributed by atoms with Gasteiger partial charge in [0.2, 0.25) is 0 Å². The molecule has 2 aliphatic carbocycles. The molecule has 0 bridgehead atoms. The Morgan fingerprint density at radius 2 is 1.09 bits per heavy atom. The van der Waals surface area contributed by atoms with Crippen molar-refractivity contribution < 1.29 is 9.53 Å². The number of aliphatic hydroxyl groups excluding tert-OH is 1. The van der Waals surface area contributed by atoms with Crippen LogP contribution in [0.4, 0.5) is 0 Å². The zero-order valence-electron chi connectivity index (χ0n) is 38.1. The number of aromatic nitrogens is 8. The van der Waals surface area contributed by atoms with E-state index in [1.54, 1.807) is 18.6 Å². The van der Waals surface area contributed by atoms with Gasteiger partial charge in [-0.3, -0.25) is 28.2 Å². The SMILES string of the molecule is CC(C)(C)[Si](C)(C)OCCCCn1c(Cn2c(=O)n(C3CC3)c3ccncc32)cc2cc(Br)ccc21.O=c1n(Cc2cc3cc(Br)ccc3n2CCCCO)c2cnccc2n1C1CC1. The zero-order chi connectivity index (χ0) is 45.6. The molecule has 2 aliphatic rings. The van der Waals surface area contributed by atoms with Crippen LogP contribution in [0, 0.1) is 0 Å². The number of rotatable bonds is 16. The molecule has 12 nitrogen and oxygen atoms in total. The second-order valence-corrected chi connectivity index (χ2v) is 26.0. The molecule has 0 amide bonds. The molecule has 0 saturated heterocycles. The van der Waals surface area contributed by atoms with E-state index < -0.39 is 8.32 Å². The van der Waals surface area contributed by atoms with E-state index in [2.05, 4.69) is 127 Å². The predicted octanol–water partition coefficient (Wildman–Crippen LogP) is 11.2. The summed E-state index contributed by atoms with van der Waals surface area (Å²) in [6, 6.07) is 21.7. The number of halogens is 2. The van der Waals surface area contributed by atoms with Gasteiger partial charge in [-0.25, -0.2) is 9.59 Å². The summed E-state index contributed by atoms with van der Waals surface area (Å²) in [5, 5.41) is 11.8. The molecule has 0 atom stereocenters. The molecular weight excluding hydrogens is 964 g/mol. The van der Waals surface area contributed by atoms with Gasteiger partial charge >= 0.3 is 11.4 Å². The Labute approximate surface area is 397 Å². The molecule has 2 saturated carbocycles. The van der Waals surface area contributed by atoms with Crippen LogP contribution < -0.4 is 11.4 Å². The van der Waals surface area contributed by atoms with Gasteiger partial charge in [0.1, 0.15) is 0 Å². The molecule has 10 rings (SSSR count). The smallest absolute Gasteiger partial charge is 0.329 e. The number of aryl methyl sites for hydroxylation is 2. The first-order valence-corrected chi connectivity index (χ1v) is 27.6. The molecule has 0 radical (unpaired) electrons. The van der Waals surface area contributed by atoms with Gasteiger partial charge in [0, 0.05) is 92.9 Å². The minimum atomic E-state index is -1.73. The molecule has 15 heteroatoms. The zero-order valence-corrected chi connectivity index (χ0v) is 42.3. The quantitative estimate of drug-likeness (QED) is 0.0761. The van der Waals surface area contributed by atoms with E-state index in [9.17, 15) is 14.7 Å². The fourth-order valence-electron chi connectivity index (χ4n) is 8.94. The lowest BCUT2D eigenvalue weighted by Crippen LogP contribution is -2.40. The van der Waals surface area contributed by atoms with Crippen molar-refractivity contribution in [3.8, 4) is 0 Å². The molecule has 0 unspecified atom stereocenters. The maximum Gasteiger partial charge on any atom is 0.329 e. The fraction of sp³-hybridized carbons (Fsp3) is 0.440. The predicted molar refractivity (Wildman–Crippen MR) is 271 cm³/mol. The van der Waals surface area contributed by atoms with Gasteiger partial charge in [0.15, 0.2) is 8.32 Å². The first-order chi connectivity index (χ1) is 31.2. The number of hydrogen-bond acceptors (Lipinski definition) is 6. The van der Waals surface area contributed by atoms with Crippen molar-refractivity contribution in [2.45, 2.75) is 129 Å². The van der Waals surface area contributed by atoms with E-state index in [1.165, 1.54) is 10.9 Å². The minimum Gasteiger partial charge on any atom is -0.417 e. The third-order valence-corrected chi connectivity index (χ3v) is 19.3. The number of pyridine rings is 2. The first kappa shape index (κ1) is 45.6. The van der Waals surface area contributed by atoms with Crippen LogP contribution in [0.1, 0.15) is 95.6 Å². The Morgan fingerprint density at radius 3 is 1.52 bits per heavy atom. The van der Waals surface area contributed by atoms with Crippen molar-refractivity contribution in [1.29, 1.82) is 0 Å². The van der Waals surface area contributed by atoms with Gasteiger partial charge < -0.3 is 18.7 Å². The van der Waals surface area contributed by atoms with Crippen LogP contribution in [-0.4, -0.2) is 64.0 Å². The van der Waals surface area contributed by atoms with E-state index in [0.29, 0.717) is 25.2 Å². The number of unbranched alkanes of at least 4 members (excludes halogenated alkanes) is 2. The molecule has 0 spiro atoms. The van der Waals surface area contributed by atoms with Crippen LogP contribution in [0.3, 0.4) is 0 Å². The van der Waals surface area contributed by atoms with Crippen LogP contribution in [-0.2, 0) is 30.6 Å². The van der Waals surface area contributed by atoms with E-state index in [4.69, 9.17) is 4.43 Å². The van der Waals surface area contributed by atoms with E-state index in [0.717, 1.165) is 124 Å². The molecule has 342 valence electrons. The monoisotopic (exact) mass is 1020 g/mol. The van der Waals surface area contributed by atoms with E-state index in [-0.39, 0.29) is 23.0 Å². The van der Waals surface area contributed by atoms with Crippen LogP contribution in [0.25, 0.3) is 43.9 Å². The third kappa shape index (κ3) is 9.41. The molecular formula is C50H60Br2N8O4Si. The Kier molecular flexibility index (Phi) is 13.1. The number of fused-ring (bicyclic) bond motifs is 4. The summed E-state index contributed by atoms with van der Waals surface area (Å²) < 4.78 is 20.8. The molecule has 2 aromatic carbocycles. The summed E-state index contributed by atoms with van der Waals surface area (Å²) >= 11 is 7.18. The lowest BCUT2D eigenvalue weighted by atomic mass is 10.2. The first-order valence-electron chi connectivity index (χ1n) is 23.1. The molecule has 6 aromatic heterocycles. The van der Waals surface area contributed by atoms with Crippen molar-refractivity contribution >= 4 is 84.0 Å². The molecule has 0 aliphatic heterocycles. The molecule has 6 heterocycles. The second kappa shape index (κ2) is 18.6. The van der Waals surface area contributed by atoms with Crippen molar-refractivity contribution in [3.05, 3.63) is 127 Å². The third-order valence-electron chi connectivity index (χ3n) is 13.7. The minimum absolute atomic E-state index is 0.0452. The summed E-state index contributed by atoms with van der Waals surface area (Å²) in [7, 11) is -1.73. The summed E-state index contributed by atoms with van der Waals surface area (Å²) in [6.07, 6.45) is 15.2. The molecule has 2 fully saturated rings. The Balaban J connectivity index is 0.000000168. The maximum absolute atomic E-state index is 13.5. The van der Waals surface area contributed by atoms with E-state index in [1.807, 2.05) is 42.7 Å². The number of benzene rings is 2.